The molecule has 8 heteroatoms. The van der Waals surface area contributed by atoms with Crippen molar-refractivity contribution in [1.29, 1.82) is 0 Å². The molecule has 2 fully saturated rings. The van der Waals surface area contributed by atoms with Gasteiger partial charge in [-0.25, -0.2) is 8.78 Å². The van der Waals surface area contributed by atoms with Crippen LogP contribution in [-0.4, -0.2) is 42.9 Å². The summed E-state index contributed by atoms with van der Waals surface area (Å²) in [6.07, 6.45) is -0.294. The molecule has 0 radical (unpaired) electrons. The number of benzene rings is 1. The van der Waals surface area contributed by atoms with Gasteiger partial charge in [-0.2, -0.15) is 0 Å². The van der Waals surface area contributed by atoms with Crippen LogP contribution in [-0.2, 0) is 9.53 Å². The summed E-state index contributed by atoms with van der Waals surface area (Å²) < 4.78 is 33.0. The molecule has 0 aromatic heterocycles. The Bertz CT molecular complexity index is 613. The molecule has 1 amide bonds. The largest absolute Gasteiger partial charge is 0.392 e. The summed E-state index contributed by atoms with van der Waals surface area (Å²) in [4.78, 5) is 12.3. The smallest absolute Gasteiger partial charge is 0.237 e. The predicted molar refractivity (Wildman–Crippen MR) is 79.0 cm³/mol. The van der Waals surface area contributed by atoms with E-state index in [1.165, 1.54) is 0 Å². The lowest BCUT2D eigenvalue weighted by Gasteiger charge is -2.35. The third kappa shape index (κ3) is 3.47. The van der Waals surface area contributed by atoms with Gasteiger partial charge in [0.2, 0.25) is 5.91 Å². The van der Waals surface area contributed by atoms with Crippen molar-refractivity contribution in [2.75, 3.05) is 19.8 Å². The molecule has 126 valence electrons. The number of rotatable bonds is 4. The lowest BCUT2D eigenvalue weighted by Crippen LogP contribution is -2.48. The number of ether oxygens (including phenoxy) is 1. The summed E-state index contributed by atoms with van der Waals surface area (Å²) in [7, 11) is 0. The Balaban J connectivity index is 1.81. The topological polar surface area (TPSA) is 70.6 Å². The molecule has 0 aliphatic carbocycles. The highest BCUT2D eigenvalue weighted by molar-refractivity contribution is 6.30. The van der Waals surface area contributed by atoms with Gasteiger partial charge < -0.3 is 20.5 Å². The molecule has 0 spiro atoms. The van der Waals surface area contributed by atoms with E-state index in [0.29, 0.717) is 19.8 Å². The number of hydrogen-bond donors (Lipinski definition) is 3. The molecule has 5 nitrogen and oxygen atoms in total. The number of nitrogens with one attached hydrogen (secondary N) is 2. The van der Waals surface area contributed by atoms with Crippen molar-refractivity contribution in [3.05, 3.63) is 34.4 Å². The SMILES string of the molecule is O=C(NC(c1cc(F)c(Cl)cc1F)C1COC1)[C@H]1C[C@H](O)CN1. The second kappa shape index (κ2) is 6.68. The van der Waals surface area contributed by atoms with Crippen molar-refractivity contribution in [2.45, 2.75) is 24.6 Å². The number of aliphatic hydroxyl groups is 1. The fourth-order valence-corrected chi connectivity index (χ4v) is 2.99. The van der Waals surface area contributed by atoms with Crippen molar-refractivity contribution in [3.63, 3.8) is 0 Å². The Kier molecular flexibility index (Phi) is 4.82. The molecule has 23 heavy (non-hydrogen) atoms. The molecular weight excluding hydrogens is 330 g/mol. The molecule has 0 bridgehead atoms. The van der Waals surface area contributed by atoms with Crippen LogP contribution in [0, 0.1) is 17.6 Å². The van der Waals surface area contributed by atoms with E-state index in [1.807, 2.05) is 0 Å². The van der Waals surface area contributed by atoms with E-state index < -0.39 is 29.8 Å². The summed E-state index contributed by atoms with van der Waals surface area (Å²) in [6, 6.07) is 0.664. The Labute approximate surface area is 137 Å². The monoisotopic (exact) mass is 346 g/mol. The molecule has 2 aliphatic rings. The first kappa shape index (κ1) is 16.6. The van der Waals surface area contributed by atoms with E-state index in [1.54, 1.807) is 0 Å². The normalized spacial score (nSPS) is 25.9. The van der Waals surface area contributed by atoms with Crippen LogP contribution in [0.25, 0.3) is 0 Å². The molecule has 1 aromatic carbocycles. The molecule has 0 saturated carbocycles. The Morgan fingerprint density at radius 2 is 2.13 bits per heavy atom. The highest BCUT2D eigenvalue weighted by Crippen LogP contribution is 2.32. The average Bonchev–Trinajstić information content (AvgIpc) is 2.87. The van der Waals surface area contributed by atoms with Gasteiger partial charge in [0.05, 0.1) is 36.4 Å². The summed E-state index contributed by atoms with van der Waals surface area (Å²) in [5, 5.41) is 14.8. The lowest BCUT2D eigenvalue weighted by atomic mass is 9.90. The van der Waals surface area contributed by atoms with E-state index >= 15 is 0 Å². The zero-order valence-electron chi connectivity index (χ0n) is 12.2. The Morgan fingerprint density at radius 3 is 2.70 bits per heavy atom. The van der Waals surface area contributed by atoms with Crippen LogP contribution in [0.3, 0.4) is 0 Å². The third-order valence-electron chi connectivity index (χ3n) is 4.23. The number of amides is 1. The maximum absolute atomic E-state index is 14.2. The van der Waals surface area contributed by atoms with Gasteiger partial charge in [-0.1, -0.05) is 11.6 Å². The van der Waals surface area contributed by atoms with Crippen molar-refractivity contribution in [3.8, 4) is 0 Å². The number of β-amino-alcohol motifs (C(OH)–C–C–N with tert-alkyl or cyclic N) is 1. The van der Waals surface area contributed by atoms with Gasteiger partial charge in [0.25, 0.3) is 0 Å². The molecule has 3 atom stereocenters. The minimum absolute atomic E-state index is 0.0482. The summed E-state index contributed by atoms with van der Waals surface area (Å²) >= 11 is 5.58. The maximum atomic E-state index is 14.2. The molecule has 2 aliphatic heterocycles. The standard InChI is InChI=1S/C15H17ClF2N2O3/c16-10-3-11(17)9(2-12(10)18)14(7-5-23-6-7)20-15(22)13-1-8(21)4-19-13/h2-3,7-8,13-14,19,21H,1,4-6H2,(H,20,22)/t8-,13+,14?/m0/s1. The molecular formula is C15H17ClF2N2O3. The number of carbonyl (C=O) groups is 1. The molecule has 3 N–H and O–H groups in total. The quantitative estimate of drug-likeness (QED) is 0.715. The first-order valence-electron chi connectivity index (χ1n) is 7.39. The minimum Gasteiger partial charge on any atom is -0.392 e. The van der Waals surface area contributed by atoms with E-state index in [-0.39, 0.29) is 28.8 Å². The van der Waals surface area contributed by atoms with Crippen LogP contribution >= 0.6 is 11.6 Å². The van der Waals surface area contributed by atoms with E-state index in [0.717, 1.165) is 12.1 Å². The second-order valence-electron chi connectivity index (χ2n) is 5.92. The van der Waals surface area contributed by atoms with Crippen molar-refractivity contribution in [2.24, 2.45) is 5.92 Å². The van der Waals surface area contributed by atoms with E-state index in [4.69, 9.17) is 16.3 Å². The van der Waals surface area contributed by atoms with Gasteiger partial charge in [0.15, 0.2) is 0 Å². The summed E-state index contributed by atoms with van der Waals surface area (Å²) in [5.74, 6) is -1.90. The number of carbonyl (C=O) groups excluding carboxylic acids is 1. The fourth-order valence-electron chi connectivity index (χ4n) is 2.84. The average molecular weight is 347 g/mol. The number of hydrogen-bond acceptors (Lipinski definition) is 4. The molecule has 3 rings (SSSR count). The zero-order valence-corrected chi connectivity index (χ0v) is 12.9. The highest BCUT2D eigenvalue weighted by atomic mass is 35.5. The lowest BCUT2D eigenvalue weighted by molar-refractivity contribution is -0.126. The maximum Gasteiger partial charge on any atom is 0.237 e. The van der Waals surface area contributed by atoms with E-state index in [9.17, 15) is 18.7 Å². The second-order valence-corrected chi connectivity index (χ2v) is 6.33. The van der Waals surface area contributed by atoms with Crippen molar-refractivity contribution in [1.82, 2.24) is 10.6 Å². The van der Waals surface area contributed by atoms with Crippen molar-refractivity contribution < 1.29 is 23.4 Å². The summed E-state index contributed by atoms with van der Waals surface area (Å²) in [5.41, 5.74) is 0.0482. The molecule has 2 heterocycles. The van der Waals surface area contributed by atoms with Gasteiger partial charge in [-0.05, 0) is 18.6 Å². The Morgan fingerprint density at radius 1 is 1.39 bits per heavy atom. The fraction of sp³-hybridized carbons (Fsp3) is 0.533. The van der Waals surface area contributed by atoms with Gasteiger partial charge in [-0.3, -0.25) is 4.79 Å². The van der Waals surface area contributed by atoms with E-state index in [2.05, 4.69) is 10.6 Å². The molecule has 1 unspecified atom stereocenters. The van der Waals surface area contributed by atoms with Crippen LogP contribution in [0.1, 0.15) is 18.0 Å². The summed E-state index contributed by atoms with van der Waals surface area (Å²) in [6.45, 7) is 1.05. The highest BCUT2D eigenvalue weighted by Gasteiger charge is 2.36. The van der Waals surface area contributed by atoms with Crippen molar-refractivity contribution >= 4 is 17.5 Å². The van der Waals surface area contributed by atoms with Gasteiger partial charge >= 0.3 is 0 Å². The van der Waals surface area contributed by atoms with Gasteiger partial charge in [0, 0.05) is 18.0 Å². The predicted octanol–water partition coefficient (Wildman–Crippen LogP) is 1.14. The van der Waals surface area contributed by atoms with Gasteiger partial charge in [-0.15, -0.1) is 0 Å². The zero-order chi connectivity index (χ0) is 16.6. The van der Waals surface area contributed by atoms with Crippen LogP contribution in [0.5, 0.6) is 0 Å². The van der Waals surface area contributed by atoms with Gasteiger partial charge in [0.1, 0.15) is 11.6 Å². The van der Waals surface area contributed by atoms with Crippen LogP contribution in [0.2, 0.25) is 5.02 Å². The van der Waals surface area contributed by atoms with Crippen LogP contribution < -0.4 is 10.6 Å². The molecule has 2 saturated heterocycles. The Hall–Kier alpha value is -1.28. The van der Waals surface area contributed by atoms with Crippen LogP contribution in [0.4, 0.5) is 8.78 Å². The number of halogens is 3. The van der Waals surface area contributed by atoms with Crippen LogP contribution in [0.15, 0.2) is 12.1 Å². The molecule has 1 aromatic rings. The first-order valence-corrected chi connectivity index (χ1v) is 7.77. The number of aliphatic hydroxyl groups excluding tert-OH is 1. The first-order chi connectivity index (χ1) is 11.0. The minimum atomic E-state index is -0.739. The third-order valence-corrected chi connectivity index (χ3v) is 4.52.